The molecule has 1 aromatic rings. The lowest BCUT2D eigenvalue weighted by Gasteiger charge is -2.22. The Bertz CT molecular complexity index is 546. The number of carboxylic acids is 1. The first kappa shape index (κ1) is 14.4. The molecule has 1 amide bonds. The molecule has 0 bridgehead atoms. The number of amides is 1. The second-order valence-electron chi connectivity index (χ2n) is 4.90. The van der Waals surface area contributed by atoms with Crippen molar-refractivity contribution >= 4 is 11.9 Å². The first-order valence-corrected chi connectivity index (χ1v) is 6.49. The fourth-order valence-electron chi connectivity index (χ4n) is 2.39. The van der Waals surface area contributed by atoms with Crippen molar-refractivity contribution in [3.05, 3.63) is 23.0 Å². The zero-order valence-electron chi connectivity index (χ0n) is 11.4. The summed E-state index contributed by atoms with van der Waals surface area (Å²) in [6.07, 6.45) is -0.219. The van der Waals surface area contributed by atoms with Crippen LogP contribution in [-0.2, 0) is 11.2 Å². The molecule has 1 aliphatic rings. The Balaban J connectivity index is 2.35. The summed E-state index contributed by atoms with van der Waals surface area (Å²) in [6.45, 7) is 3.60. The zero-order valence-corrected chi connectivity index (χ0v) is 11.4. The number of aromatic nitrogens is 2. The van der Waals surface area contributed by atoms with Crippen molar-refractivity contribution in [3.63, 3.8) is 0 Å². The number of carboxylic acid groups (broad SMARTS) is 1. The third-order valence-electron chi connectivity index (χ3n) is 3.38. The van der Waals surface area contributed by atoms with E-state index in [-0.39, 0.29) is 13.0 Å². The minimum Gasteiger partial charge on any atom is -0.480 e. The van der Waals surface area contributed by atoms with E-state index in [2.05, 4.69) is 10.2 Å². The van der Waals surface area contributed by atoms with E-state index in [1.165, 1.54) is 4.90 Å². The molecule has 0 unspecified atom stereocenters. The van der Waals surface area contributed by atoms with Crippen molar-refractivity contribution in [1.29, 1.82) is 0 Å². The van der Waals surface area contributed by atoms with E-state index in [0.717, 1.165) is 0 Å². The Kier molecular flexibility index (Phi) is 3.99. The molecular formula is C13H17N3O4. The molecule has 2 N–H and O–H groups in total. The third kappa shape index (κ3) is 2.62. The van der Waals surface area contributed by atoms with Crippen LogP contribution in [0.4, 0.5) is 0 Å². The summed E-state index contributed by atoms with van der Waals surface area (Å²) in [5, 5.41) is 26.6. The zero-order chi connectivity index (χ0) is 14.9. The molecule has 2 rings (SSSR count). The van der Waals surface area contributed by atoms with Crippen molar-refractivity contribution in [1.82, 2.24) is 15.1 Å². The largest absolute Gasteiger partial charge is 0.480 e. The number of aliphatic carboxylic acids is 1. The Morgan fingerprint density at radius 1 is 1.45 bits per heavy atom. The Morgan fingerprint density at radius 3 is 2.75 bits per heavy atom. The number of hydrogen-bond acceptors (Lipinski definition) is 5. The quantitative estimate of drug-likeness (QED) is 0.807. The van der Waals surface area contributed by atoms with Gasteiger partial charge in [0.1, 0.15) is 6.04 Å². The van der Waals surface area contributed by atoms with Crippen LogP contribution in [0.25, 0.3) is 0 Å². The van der Waals surface area contributed by atoms with Gasteiger partial charge in [-0.2, -0.15) is 10.2 Å². The highest BCUT2D eigenvalue weighted by Gasteiger charge is 2.39. The van der Waals surface area contributed by atoms with Gasteiger partial charge in [-0.3, -0.25) is 4.79 Å². The van der Waals surface area contributed by atoms with Crippen molar-refractivity contribution in [3.8, 4) is 0 Å². The highest BCUT2D eigenvalue weighted by molar-refractivity contribution is 5.98. The SMILES string of the molecule is CCc1nnc(C)cc1C(=O)N1C[C@@H](O)C[C@H]1C(=O)O. The third-order valence-corrected chi connectivity index (χ3v) is 3.38. The number of hydrogen-bond donors (Lipinski definition) is 2. The molecule has 1 fully saturated rings. The van der Waals surface area contributed by atoms with Gasteiger partial charge in [-0.1, -0.05) is 6.92 Å². The summed E-state index contributed by atoms with van der Waals surface area (Å²) in [7, 11) is 0. The second kappa shape index (κ2) is 5.54. The van der Waals surface area contributed by atoms with Crippen molar-refractivity contribution in [2.45, 2.75) is 38.8 Å². The van der Waals surface area contributed by atoms with Gasteiger partial charge in [-0.05, 0) is 19.4 Å². The van der Waals surface area contributed by atoms with Gasteiger partial charge in [0.25, 0.3) is 5.91 Å². The van der Waals surface area contributed by atoms with E-state index >= 15 is 0 Å². The number of carbonyl (C=O) groups excluding carboxylic acids is 1. The molecule has 0 radical (unpaired) electrons. The normalized spacial score (nSPS) is 22.1. The molecule has 7 heteroatoms. The van der Waals surface area contributed by atoms with Crippen molar-refractivity contribution in [2.75, 3.05) is 6.54 Å². The molecule has 0 aromatic carbocycles. The van der Waals surface area contributed by atoms with Gasteiger partial charge in [0.2, 0.25) is 0 Å². The molecule has 0 aliphatic carbocycles. The predicted octanol–water partition coefficient (Wildman–Crippen LogP) is 0.00742. The summed E-state index contributed by atoms with van der Waals surface area (Å²) < 4.78 is 0. The first-order chi connectivity index (χ1) is 9.43. The summed E-state index contributed by atoms with van der Waals surface area (Å²) in [5.41, 5.74) is 1.49. The molecule has 2 atom stereocenters. The molecule has 0 saturated carbocycles. The van der Waals surface area contributed by atoms with Gasteiger partial charge in [-0.25, -0.2) is 4.79 Å². The van der Waals surface area contributed by atoms with Crippen LogP contribution in [0.3, 0.4) is 0 Å². The number of rotatable bonds is 3. The topological polar surface area (TPSA) is 104 Å². The smallest absolute Gasteiger partial charge is 0.326 e. The Morgan fingerprint density at radius 2 is 2.15 bits per heavy atom. The standard InChI is InChI=1S/C13H17N3O4/c1-3-10-9(4-7(2)14-15-10)12(18)16-6-8(17)5-11(16)13(19)20/h4,8,11,17H,3,5-6H2,1-2H3,(H,19,20)/t8-,11-/m0/s1. The lowest BCUT2D eigenvalue weighted by atomic mass is 10.1. The van der Waals surface area contributed by atoms with E-state index in [1.807, 2.05) is 6.92 Å². The minimum atomic E-state index is -1.10. The van der Waals surface area contributed by atoms with Crippen molar-refractivity contribution in [2.24, 2.45) is 0 Å². The van der Waals surface area contributed by atoms with E-state index in [1.54, 1.807) is 13.0 Å². The maximum Gasteiger partial charge on any atom is 0.326 e. The molecule has 2 heterocycles. The second-order valence-corrected chi connectivity index (χ2v) is 4.90. The number of aliphatic hydroxyl groups is 1. The molecule has 7 nitrogen and oxygen atoms in total. The fraction of sp³-hybridized carbons (Fsp3) is 0.538. The van der Waals surface area contributed by atoms with Crippen molar-refractivity contribution < 1.29 is 19.8 Å². The molecular weight excluding hydrogens is 262 g/mol. The van der Waals surface area contributed by atoms with E-state index in [4.69, 9.17) is 5.11 Å². The first-order valence-electron chi connectivity index (χ1n) is 6.49. The number of β-amino-alcohol motifs (C(OH)–C–C–N with tert-alkyl or cyclic N) is 1. The van der Waals surface area contributed by atoms with Crippen LogP contribution in [0.1, 0.15) is 35.1 Å². The van der Waals surface area contributed by atoms with E-state index in [0.29, 0.717) is 23.4 Å². The molecule has 1 saturated heterocycles. The number of likely N-dealkylation sites (tertiary alicyclic amines) is 1. The molecule has 1 aromatic heterocycles. The van der Waals surface area contributed by atoms with Crippen LogP contribution in [0.5, 0.6) is 0 Å². The van der Waals surface area contributed by atoms with Gasteiger partial charge in [0, 0.05) is 13.0 Å². The summed E-state index contributed by atoms with van der Waals surface area (Å²) in [5.74, 6) is -1.52. The molecule has 0 spiro atoms. The van der Waals surface area contributed by atoms with Crippen LogP contribution in [0.2, 0.25) is 0 Å². The highest BCUT2D eigenvalue weighted by atomic mass is 16.4. The van der Waals surface area contributed by atoms with Gasteiger partial charge < -0.3 is 15.1 Å². The summed E-state index contributed by atoms with van der Waals surface area (Å²) in [6, 6.07) is 0.619. The highest BCUT2D eigenvalue weighted by Crippen LogP contribution is 2.22. The maximum atomic E-state index is 12.5. The van der Waals surface area contributed by atoms with Crippen LogP contribution in [0.15, 0.2) is 6.07 Å². The number of nitrogens with zero attached hydrogens (tertiary/aromatic N) is 3. The average molecular weight is 279 g/mol. The molecule has 108 valence electrons. The van der Waals surface area contributed by atoms with E-state index < -0.39 is 24.0 Å². The number of aliphatic hydroxyl groups excluding tert-OH is 1. The predicted molar refractivity (Wildman–Crippen MR) is 69.2 cm³/mol. The average Bonchev–Trinajstić information content (AvgIpc) is 2.80. The van der Waals surface area contributed by atoms with Gasteiger partial charge >= 0.3 is 5.97 Å². The Hall–Kier alpha value is -2.02. The Labute approximate surface area is 116 Å². The number of aryl methyl sites for hydroxylation is 2. The molecule has 20 heavy (non-hydrogen) atoms. The summed E-state index contributed by atoms with van der Waals surface area (Å²) in [4.78, 5) is 24.9. The minimum absolute atomic E-state index is 0.0281. The maximum absolute atomic E-state index is 12.5. The van der Waals surface area contributed by atoms with Gasteiger partial charge in [0.05, 0.1) is 23.1 Å². The van der Waals surface area contributed by atoms with Crippen LogP contribution in [0, 0.1) is 6.92 Å². The van der Waals surface area contributed by atoms with E-state index in [9.17, 15) is 14.7 Å². The lowest BCUT2D eigenvalue weighted by molar-refractivity contribution is -0.141. The van der Waals surface area contributed by atoms with Crippen LogP contribution < -0.4 is 0 Å². The number of carbonyl (C=O) groups is 2. The van der Waals surface area contributed by atoms with Crippen LogP contribution >= 0.6 is 0 Å². The fourth-order valence-corrected chi connectivity index (χ4v) is 2.39. The monoisotopic (exact) mass is 279 g/mol. The van der Waals surface area contributed by atoms with Gasteiger partial charge in [-0.15, -0.1) is 0 Å². The van der Waals surface area contributed by atoms with Crippen LogP contribution in [-0.4, -0.2) is 55.9 Å². The molecule has 1 aliphatic heterocycles. The van der Waals surface area contributed by atoms with Gasteiger partial charge in [0.15, 0.2) is 0 Å². The summed E-state index contributed by atoms with van der Waals surface area (Å²) >= 11 is 0. The lowest BCUT2D eigenvalue weighted by Crippen LogP contribution is -2.41.